The molecule has 4 rings (SSSR count). The van der Waals surface area contributed by atoms with Crippen molar-refractivity contribution in [1.82, 2.24) is 10.4 Å². The molecule has 1 aliphatic rings. The number of hydrogen-bond donors (Lipinski definition) is 2. The first-order valence-corrected chi connectivity index (χ1v) is 8.87. The second kappa shape index (κ2) is 6.72. The highest BCUT2D eigenvalue weighted by atomic mass is 32.1. The summed E-state index contributed by atoms with van der Waals surface area (Å²) >= 11 is 1.45. The number of carbonyl (C=O) groups is 1. The number of anilines is 1. The Labute approximate surface area is 153 Å². The van der Waals surface area contributed by atoms with Gasteiger partial charge in [0.1, 0.15) is 24.5 Å². The maximum Gasteiger partial charge on any atom is 0.269 e. The van der Waals surface area contributed by atoms with Crippen molar-refractivity contribution in [3.63, 3.8) is 0 Å². The molecule has 3 aromatic rings. The van der Waals surface area contributed by atoms with Crippen LogP contribution in [-0.4, -0.2) is 31.2 Å². The monoisotopic (exact) mass is 371 g/mol. The van der Waals surface area contributed by atoms with Crippen LogP contribution in [0, 0.1) is 6.92 Å². The van der Waals surface area contributed by atoms with Crippen LogP contribution >= 0.6 is 11.3 Å². The second-order valence-corrected chi connectivity index (χ2v) is 6.72. The fourth-order valence-electron chi connectivity index (χ4n) is 2.69. The molecule has 2 heterocycles. The summed E-state index contributed by atoms with van der Waals surface area (Å²) in [6.07, 6.45) is 0. The lowest BCUT2D eigenvalue weighted by atomic mass is 10.2. The lowest BCUT2D eigenvalue weighted by Crippen LogP contribution is -2.29. The molecule has 7 nitrogen and oxygen atoms in total. The summed E-state index contributed by atoms with van der Waals surface area (Å²) in [4.78, 5) is 16.9. The van der Waals surface area contributed by atoms with Gasteiger partial charge in [0.2, 0.25) is 5.13 Å². The molecule has 0 unspecified atom stereocenters. The molecule has 8 heteroatoms. The molecule has 0 aliphatic carbocycles. The highest BCUT2D eigenvalue weighted by Crippen LogP contribution is 2.34. The minimum absolute atomic E-state index is 0.287. The van der Waals surface area contributed by atoms with E-state index in [2.05, 4.69) is 15.8 Å². The van der Waals surface area contributed by atoms with E-state index >= 15 is 0 Å². The van der Waals surface area contributed by atoms with E-state index in [4.69, 9.17) is 14.2 Å². The van der Waals surface area contributed by atoms with Gasteiger partial charge in [0.05, 0.1) is 11.8 Å². The topological polar surface area (TPSA) is 81.7 Å². The molecule has 0 saturated carbocycles. The lowest BCUT2D eigenvalue weighted by molar-refractivity contribution is 0.0961. The Hall–Kier alpha value is -3.00. The zero-order valence-electron chi connectivity index (χ0n) is 14.3. The number of benzene rings is 2. The van der Waals surface area contributed by atoms with Crippen molar-refractivity contribution in [2.45, 2.75) is 6.92 Å². The molecule has 1 aromatic heterocycles. The summed E-state index contributed by atoms with van der Waals surface area (Å²) in [7, 11) is 1.61. The Bertz CT molecular complexity index is 986. The standard InChI is InChI=1S/C18H17N3O4S/c1-10-3-5-13(23-2)15-16(10)26-18(19-15)21-20-17(22)11-4-6-12-14(9-11)25-8-7-24-12/h3-6,9H,7-8H2,1-2H3,(H,19,21)(H,20,22). The van der Waals surface area contributed by atoms with Crippen LogP contribution in [0.1, 0.15) is 15.9 Å². The van der Waals surface area contributed by atoms with E-state index in [0.717, 1.165) is 15.8 Å². The van der Waals surface area contributed by atoms with E-state index in [1.54, 1.807) is 25.3 Å². The number of nitrogens with one attached hydrogen (secondary N) is 2. The molecule has 1 amide bonds. The molecule has 0 spiro atoms. The van der Waals surface area contributed by atoms with Gasteiger partial charge < -0.3 is 14.2 Å². The van der Waals surface area contributed by atoms with Crippen molar-refractivity contribution in [3.05, 3.63) is 41.5 Å². The van der Waals surface area contributed by atoms with Crippen LogP contribution in [0.3, 0.4) is 0 Å². The highest BCUT2D eigenvalue weighted by Gasteiger charge is 2.16. The predicted octanol–water partition coefficient (Wildman–Crippen LogP) is 3.14. The van der Waals surface area contributed by atoms with Gasteiger partial charge in [-0.15, -0.1) is 0 Å². The van der Waals surface area contributed by atoms with E-state index in [-0.39, 0.29) is 5.91 Å². The quantitative estimate of drug-likeness (QED) is 0.686. The van der Waals surface area contributed by atoms with Crippen molar-refractivity contribution >= 4 is 32.6 Å². The molecule has 1 aliphatic heterocycles. The molecule has 0 atom stereocenters. The largest absolute Gasteiger partial charge is 0.494 e. The zero-order valence-corrected chi connectivity index (χ0v) is 15.1. The first-order chi connectivity index (χ1) is 12.7. The maximum atomic E-state index is 12.4. The summed E-state index contributed by atoms with van der Waals surface area (Å²) in [5.41, 5.74) is 7.88. The van der Waals surface area contributed by atoms with Crippen LogP contribution in [-0.2, 0) is 0 Å². The second-order valence-electron chi connectivity index (χ2n) is 5.72. The molecule has 0 bridgehead atoms. The van der Waals surface area contributed by atoms with Crippen LogP contribution < -0.4 is 25.1 Å². The van der Waals surface area contributed by atoms with E-state index in [1.165, 1.54) is 11.3 Å². The van der Waals surface area contributed by atoms with Crippen molar-refractivity contribution in [2.24, 2.45) is 0 Å². The van der Waals surface area contributed by atoms with Crippen LogP contribution in [0.25, 0.3) is 10.2 Å². The molecule has 2 aromatic carbocycles. The van der Waals surface area contributed by atoms with Crippen LogP contribution in [0.4, 0.5) is 5.13 Å². The Kier molecular flexibility index (Phi) is 4.26. The number of aromatic nitrogens is 1. The third-order valence-electron chi connectivity index (χ3n) is 4.01. The summed E-state index contributed by atoms with van der Waals surface area (Å²) in [6.45, 7) is 3.00. The van der Waals surface area contributed by atoms with Gasteiger partial charge in [0.15, 0.2) is 11.5 Å². The van der Waals surface area contributed by atoms with Crippen molar-refractivity contribution < 1.29 is 19.0 Å². The fraction of sp³-hybridized carbons (Fsp3) is 0.222. The van der Waals surface area contributed by atoms with Gasteiger partial charge in [-0.05, 0) is 36.8 Å². The van der Waals surface area contributed by atoms with Gasteiger partial charge in [0.25, 0.3) is 5.91 Å². The summed E-state index contributed by atoms with van der Waals surface area (Å²) < 4.78 is 17.3. The van der Waals surface area contributed by atoms with Gasteiger partial charge >= 0.3 is 0 Å². The highest BCUT2D eigenvalue weighted by molar-refractivity contribution is 7.22. The van der Waals surface area contributed by atoms with Gasteiger partial charge in [-0.1, -0.05) is 17.4 Å². The van der Waals surface area contributed by atoms with E-state index in [0.29, 0.717) is 41.2 Å². The number of nitrogens with zero attached hydrogens (tertiary/aromatic N) is 1. The molecule has 26 heavy (non-hydrogen) atoms. The minimum Gasteiger partial charge on any atom is -0.494 e. The first kappa shape index (κ1) is 16.5. The predicted molar refractivity (Wildman–Crippen MR) is 99.4 cm³/mol. The summed E-state index contributed by atoms with van der Waals surface area (Å²) in [5.74, 6) is 1.64. The third kappa shape index (κ3) is 2.99. The Morgan fingerprint density at radius 1 is 1.19 bits per heavy atom. The van der Waals surface area contributed by atoms with Gasteiger partial charge in [0, 0.05) is 5.56 Å². The first-order valence-electron chi connectivity index (χ1n) is 8.06. The smallest absolute Gasteiger partial charge is 0.269 e. The maximum absolute atomic E-state index is 12.4. The molecular formula is C18H17N3O4S. The SMILES string of the molecule is COc1ccc(C)c2sc(NNC(=O)c3ccc4c(c3)OCCO4)nc12. The Balaban J connectivity index is 1.51. The van der Waals surface area contributed by atoms with E-state index in [9.17, 15) is 4.79 Å². The number of carbonyl (C=O) groups excluding carboxylic acids is 1. The number of thiazole rings is 1. The molecular weight excluding hydrogens is 354 g/mol. The molecule has 0 radical (unpaired) electrons. The number of aryl methyl sites for hydroxylation is 1. The number of methoxy groups -OCH3 is 1. The van der Waals surface area contributed by atoms with E-state index in [1.807, 2.05) is 19.1 Å². The molecule has 0 fully saturated rings. The number of fused-ring (bicyclic) bond motifs is 2. The lowest BCUT2D eigenvalue weighted by Gasteiger charge is -2.18. The zero-order chi connectivity index (χ0) is 18.1. The minimum atomic E-state index is -0.287. The van der Waals surface area contributed by atoms with Gasteiger partial charge in [-0.25, -0.2) is 4.98 Å². The summed E-state index contributed by atoms with van der Waals surface area (Å²) in [6, 6.07) is 8.95. The molecule has 0 saturated heterocycles. The van der Waals surface area contributed by atoms with Crippen molar-refractivity contribution in [1.29, 1.82) is 0 Å². The average Bonchev–Trinajstić information content (AvgIpc) is 3.11. The fourth-order valence-corrected chi connectivity index (χ4v) is 3.60. The molecule has 134 valence electrons. The number of hydrogen-bond acceptors (Lipinski definition) is 7. The summed E-state index contributed by atoms with van der Waals surface area (Å²) in [5, 5.41) is 0.582. The number of hydrazine groups is 1. The van der Waals surface area contributed by atoms with Gasteiger partial charge in [-0.3, -0.25) is 15.6 Å². The normalized spacial score (nSPS) is 12.7. The number of rotatable bonds is 4. The van der Waals surface area contributed by atoms with Crippen LogP contribution in [0.5, 0.6) is 17.2 Å². The van der Waals surface area contributed by atoms with Crippen molar-refractivity contribution in [3.8, 4) is 17.2 Å². The van der Waals surface area contributed by atoms with E-state index < -0.39 is 0 Å². The molecule has 2 N–H and O–H groups in total. The Morgan fingerprint density at radius 2 is 2.00 bits per heavy atom. The number of amides is 1. The Morgan fingerprint density at radius 3 is 2.81 bits per heavy atom. The number of ether oxygens (including phenoxy) is 3. The van der Waals surface area contributed by atoms with Crippen molar-refractivity contribution in [2.75, 3.05) is 25.7 Å². The van der Waals surface area contributed by atoms with Crippen LogP contribution in [0.2, 0.25) is 0 Å². The average molecular weight is 371 g/mol. The van der Waals surface area contributed by atoms with Gasteiger partial charge in [-0.2, -0.15) is 0 Å². The van der Waals surface area contributed by atoms with Crippen LogP contribution in [0.15, 0.2) is 30.3 Å². The third-order valence-corrected chi connectivity index (χ3v) is 5.12.